The quantitative estimate of drug-likeness (QED) is 0.778. The molecule has 0 radical (unpaired) electrons. The minimum atomic E-state index is -0.406. The van der Waals surface area contributed by atoms with E-state index in [9.17, 15) is 9.90 Å². The van der Waals surface area contributed by atoms with E-state index in [1.807, 2.05) is 30.3 Å². The summed E-state index contributed by atoms with van der Waals surface area (Å²) >= 11 is 0. The summed E-state index contributed by atoms with van der Waals surface area (Å²) in [7, 11) is 0. The van der Waals surface area contributed by atoms with Gasteiger partial charge in [-0.3, -0.25) is 4.79 Å². The highest BCUT2D eigenvalue weighted by Gasteiger charge is 2.24. The number of aliphatic hydroxyl groups is 1. The van der Waals surface area contributed by atoms with Crippen molar-refractivity contribution >= 4 is 5.91 Å². The summed E-state index contributed by atoms with van der Waals surface area (Å²) in [4.78, 5) is 11.7. The molecule has 0 aliphatic heterocycles. The Hall–Kier alpha value is -1.39. The number of ether oxygens (including phenoxy) is 1. The van der Waals surface area contributed by atoms with E-state index < -0.39 is 6.10 Å². The van der Waals surface area contributed by atoms with E-state index in [1.54, 1.807) is 0 Å². The fourth-order valence-electron chi connectivity index (χ4n) is 2.53. The molecule has 2 rings (SSSR count). The fraction of sp³-hybridized carbons (Fsp3) is 0.562. The van der Waals surface area contributed by atoms with Gasteiger partial charge in [-0.25, -0.2) is 0 Å². The smallest absolute Gasteiger partial charge is 0.246 e. The minimum absolute atomic E-state index is 0.0655. The van der Waals surface area contributed by atoms with Gasteiger partial charge in [0, 0.05) is 0 Å². The third kappa shape index (κ3) is 4.94. The van der Waals surface area contributed by atoms with Gasteiger partial charge in [0.15, 0.2) is 0 Å². The third-order valence-corrected chi connectivity index (χ3v) is 3.69. The van der Waals surface area contributed by atoms with Crippen LogP contribution in [0.15, 0.2) is 30.3 Å². The zero-order valence-corrected chi connectivity index (χ0v) is 11.8. The van der Waals surface area contributed by atoms with E-state index in [4.69, 9.17) is 4.74 Å². The molecule has 1 aromatic rings. The highest BCUT2D eigenvalue weighted by Crippen LogP contribution is 2.18. The van der Waals surface area contributed by atoms with E-state index in [-0.39, 0.29) is 18.6 Å². The summed E-state index contributed by atoms with van der Waals surface area (Å²) in [6.45, 7) is 0.598. The second-order valence-corrected chi connectivity index (χ2v) is 5.31. The molecule has 0 saturated heterocycles. The van der Waals surface area contributed by atoms with Crippen molar-refractivity contribution in [3.63, 3.8) is 0 Å². The largest absolute Gasteiger partial charge is 0.391 e. The molecule has 2 atom stereocenters. The van der Waals surface area contributed by atoms with Crippen molar-refractivity contribution in [2.24, 2.45) is 0 Å². The minimum Gasteiger partial charge on any atom is -0.391 e. The fourth-order valence-corrected chi connectivity index (χ4v) is 2.53. The molecule has 0 aromatic heterocycles. The van der Waals surface area contributed by atoms with Gasteiger partial charge in [-0.05, 0) is 24.8 Å². The average molecular weight is 277 g/mol. The molecule has 1 saturated carbocycles. The molecule has 0 bridgehead atoms. The standard InChI is InChI=1S/C16H23NO3/c18-15-9-5-4-8-14(15)17-16(19)12-20-11-10-13-6-2-1-3-7-13/h1-3,6-7,14-15,18H,4-5,8-12H2,(H,17,19). The van der Waals surface area contributed by atoms with Gasteiger partial charge < -0.3 is 15.2 Å². The summed E-state index contributed by atoms with van der Waals surface area (Å²) in [6.07, 6.45) is 4.14. The molecular formula is C16H23NO3. The van der Waals surface area contributed by atoms with Crippen molar-refractivity contribution in [1.82, 2.24) is 5.32 Å². The maximum Gasteiger partial charge on any atom is 0.246 e. The average Bonchev–Trinajstić information content (AvgIpc) is 2.47. The Morgan fingerprint density at radius 3 is 2.75 bits per heavy atom. The number of hydrogen-bond donors (Lipinski definition) is 2. The van der Waals surface area contributed by atoms with Gasteiger partial charge in [0.1, 0.15) is 6.61 Å². The highest BCUT2D eigenvalue weighted by molar-refractivity contribution is 5.77. The molecule has 1 aliphatic carbocycles. The summed E-state index contributed by atoms with van der Waals surface area (Å²) in [5, 5.41) is 12.6. The van der Waals surface area contributed by atoms with Crippen LogP contribution in [0.25, 0.3) is 0 Å². The number of benzene rings is 1. The lowest BCUT2D eigenvalue weighted by molar-refractivity contribution is -0.127. The van der Waals surface area contributed by atoms with Crippen LogP contribution >= 0.6 is 0 Å². The zero-order valence-electron chi connectivity index (χ0n) is 11.8. The number of rotatable bonds is 6. The first-order valence-corrected chi connectivity index (χ1v) is 7.35. The monoisotopic (exact) mass is 277 g/mol. The number of nitrogens with one attached hydrogen (secondary N) is 1. The predicted molar refractivity (Wildman–Crippen MR) is 77.4 cm³/mol. The molecular weight excluding hydrogens is 254 g/mol. The normalized spacial score (nSPS) is 22.4. The molecule has 1 amide bonds. The van der Waals surface area contributed by atoms with E-state index in [2.05, 4.69) is 5.32 Å². The number of carbonyl (C=O) groups is 1. The molecule has 110 valence electrons. The van der Waals surface area contributed by atoms with E-state index in [1.165, 1.54) is 5.56 Å². The number of aliphatic hydroxyl groups excluding tert-OH is 1. The lowest BCUT2D eigenvalue weighted by Gasteiger charge is -2.28. The van der Waals surface area contributed by atoms with E-state index in [0.29, 0.717) is 6.61 Å². The van der Waals surface area contributed by atoms with Gasteiger partial charge in [-0.1, -0.05) is 43.2 Å². The van der Waals surface area contributed by atoms with Crippen molar-refractivity contribution in [2.75, 3.05) is 13.2 Å². The van der Waals surface area contributed by atoms with Gasteiger partial charge >= 0.3 is 0 Å². The van der Waals surface area contributed by atoms with Crippen molar-refractivity contribution < 1.29 is 14.6 Å². The highest BCUT2D eigenvalue weighted by atomic mass is 16.5. The Labute approximate surface area is 120 Å². The van der Waals surface area contributed by atoms with Crippen LogP contribution in [0, 0.1) is 0 Å². The Kier molecular flexibility index (Phi) is 6.02. The second kappa shape index (κ2) is 8.02. The SMILES string of the molecule is O=C(COCCc1ccccc1)NC1CCCCC1O. The van der Waals surface area contributed by atoms with Gasteiger partial charge in [0.05, 0.1) is 18.8 Å². The summed E-state index contributed by atoms with van der Waals surface area (Å²) in [5.74, 6) is -0.135. The third-order valence-electron chi connectivity index (χ3n) is 3.69. The van der Waals surface area contributed by atoms with Crippen LogP contribution < -0.4 is 5.32 Å². The Morgan fingerprint density at radius 1 is 1.25 bits per heavy atom. The van der Waals surface area contributed by atoms with Crippen LogP contribution in [0.3, 0.4) is 0 Å². The van der Waals surface area contributed by atoms with E-state index in [0.717, 1.165) is 32.1 Å². The van der Waals surface area contributed by atoms with Crippen LogP contribution in [-0.2, 0) is 16.0 Å². The van der Waals surface area contributed by atoms with Gasteiger partial charge in [-0.15, -0.1) is 0 Å². The predicted octanol–water partition coefficient (Wildman–Crippen LogP) is 1.67. The Balaban J connectivity index is 1.60. The molecule has 1 fully saturated rings. The molecule has 4 nitrogen and oxygen atoms in total. The number of carbonyl (C=O) groups excluding carboxylic acids is 1. The van der Waals surface area contributed by atoms with Gasteiger partial charge in [0.25, 0.3) is 0 Å². The first-order valence-electron chi connectivity index (χ1n) is 7.35. The first-order chi connectivity index (χ1) is 9.75. The van der Waals surface area contributed by atoms with Gasteiger partial charge in [-0.2, -0.15) is 0 Å². The lowest BCUT2D eigenvalue weighted by atomic mass is 9.92. The van der Waals surface area contributed by atoms with Crippen LogP contribution in [-0.4, -0.2) is 36.4 Å². The van der Waals surface area contributed by atoms with Crippen molar-refractivity contribution in [3.05, 3.63) is 35.9 Å². The Bertz CT molecular complexity index is 407. The molecule has 2 unspecified atom stereocenters. The second-order valence-electron chi connectivity index (χ2n) is 5.31. The number of hydrogen-bond acceptors (Lipinski definition) is 3. The molecule has 0 heterocycles. The summed E-state index contributed by atoms with van der Waals surface area (Å²) in [6, 6.07) is 9.95. The van der Waals surface area contributed by atoms with Crippen LogP contribution in [0.4, 0.5) is 0 Å². The Morgan fingerprint density at radius 2 is 2.00 bits per heavy atom. The molecule has 1 aliphatic rings. The van der Waals surface area contributed by atoms with Crippen molar-refractivity contribution in [3.8, 4) is 0 Å². The molecule has 20 heavy (non-hydrogen) atoms. The summed E-state index contributed by atoms with van der Waals surface area (Å²) < 4.78 is 5.38. The van der Waals surface area contributed by atoms with Crippen molar-refractivity contribution in [2.45, 2.75) is 44.2 Å². The lowest BCUT2D eigenvalue weighted by Crippen LogP contribution is -2.46. The maximum atomic E-state index is 11.7. The van der Waals surface area contributed by atoms with Crippen molar-refractivity contribution in [1.29, 1.82) is 0 Å². The molecule has 2 N–H and O–H groups in total. The van der Waals surface area contributed by atoms with Crippen LogP contribution in [0.5, 0.6) is 0 Å². The zero-order chi connectivity index (χ0) is 14.2. The molecule has 0 spiro atoms. The van der Waals surface area contributed by atoms with Crippen LogP contribution in [0.1, 0.15) is 31.2 Å². The van der Waals surface area contributed by atoms with Crippen LogP contribution in [0.2, 0.25) is 0 Å². The molecule has 1 aromatic carbocycles. The van der Waals surface area contributed by atoms with E-state index >= 15 is 0 Å². The maximum absolute atomic E-state index is 11.7. The number of amides is 1. The molecule has 4 heteroatoms. The van der Waals surface area contributed by atoms with Gasteiger partial charge in [0.2, 0.25) is 5.91 Å². The first kappa shape index (κ1) is 15.0. The topological polar surface area (TPSA) is 58.6 Å². The summed E-state index contributed by atoms with van der Waals surface area (Å²) in [5.41, 5.74) is 1.20.